The predicted octanol–water partition coefficient (Wildman–Crippen LogP) is 5.12. The summed E-state index contributed by atoms with van der Waals surface area (Å²) in [5.41, 5.74) is 8.58. The number of benzene rings is 1. The number of ether oxygens (including phenoxy) is 1. The Labute approximate surface area is 194 Å². The van der Waals surface area contributed by atoms with Crippen LogP contribution < -0.4 is 5.73 Å². The number of nitrogens with zero attached hydrogens (tertiary/aromatic N) is 4. The van der Waals surface area contributed by atoms with Gasteiger partial charge in [-0.2, -0.15) is 0 Å². The highest BCUT2D eigenvalue weighted by Gasteiger charge is 2.51. The van der Waals surface area contributed by atoms with Gasteiger partial charge in [0, 0.05) is 24.6 Å². The van der Waals surface area contributed by atoms with Gasteiger partial charge >= 0.3 is 6.09 Å². The molecule has 5 rings (SSSR count). The number of anilines is 1. The van der Waals surface area contributed by atoms with Gasteiger partial charge in [-0.1, -0.05) is 30.3 Å². The van der Waals surface area contributed by atoms with E-state index in [9.17, 15) is 4.79 Å². The molecule has 170 valence electrons. The van der Waals surface area contributed by atoms with E-state index in [0.717, 1.165) is 42.4 Å². The highest BCUT2D eigenvalue weighted by Crippen LogP contribution is 2.46. The molecule has 1 amide bonds. The number of hydrogen-bond acceptors (Lipinski definition) is 6. The smallest absolute Gasteiger partial charge is 0.411 e. The Morgan fingerprint density at radius 1 is 0.970 bits per heavy atom. The predicted molar refractivity (Wildman–Crippen MR) is 126 cm³/mol. The number of cyclic esters (lactones) is 1. The van der Waals surface area contributed by atoms with Gasteiger partial charge < -0.3 is 10.5 Å². The van der Waals surface area contributed by atoms with Crippen molar-refractivity contribution in [3.8, 4) is 11.4 Å². The number of rotatable bonds is 4. The Hall–Kier alpha value is -3.48. The number of nitrogen functional groups attached to an aromatic ring is 1. The summed E-state index contributed by atoms with van der Waals surface area (Å²) in [4.78, 5) is 28.0. The first-order valence-corrected chi connectivity index (χ1v) is 11.5. The summed E-state index contributed by atoms with van der Waals surface area (Å²) >= 11 is 0. The lowest BCUT2D eigenvalue weighted by Gasteiger charge is -2.38. The molecule has 1 atom stereocenters. The molecule has 0 bridgehead atoms. The number of carbonyl (C=O) groups is 1. The molecule has 0 radical (unpaired) electrons. The fraction of sp³-hybridized carbons (Fsp3) is 0.385. The van der Waals surface area contributed by atoms with E-state index in [2.05, 4.69) is 33.2 Å². The fourth-order valence-electron chi connectivity index (χ4n) is 5.35. The second-order valence-electron chi connectivity index (χ2n) is 9.47. The molecular formula is C26H29N5O2. The average Bonchev–Trinajstić information content (AvgIpc) is 3.08. The van der Waals surface area contributed by atoms with E-state index in [0.29, 0.717) is 17.6 Å². The summed E-state index contributed by atoms with van der Waals surface area (Å²) in [5, 5.41) is 0. The SMILES string of the molecule is CC1(C)OC(=O)N(C2CCC(c3cnc(N)c(-c4ncccn4)c3)CC2)[C@H]1c1ccccc1. The van der Waals surface area contributed by atoms with E-state index >= 15 is 0 Å². The Balaban J connectivity index is 1.35. The van der Waals surface area contributed by atoms with Crippen LogP contribution in [0.3, 0.4) is 0 Å². The highest BCUT2D eigenvalue weighted by atomic mass is 16.6. The number of amides is 1. The number of hydrogen-bond donors (Lipinski definition) is 1. The van der Waals surface area contributed by atoms with Crippen molar-refractivity contribution < 1.29 is 9.53 Å². The average molecular weight is 444 g/mol. The molecule has 1 aliphatic heterocycles. The molecule has 0 unspecified atom stereocenters. The minimum atomic E-state index is -0.569. The van der Waals surface area contributed by atoms with Crippen molar-refractivity contribution in [3.63, 3.8) is 0 Å². The van der Waals surface area contributed by atoms with Crippen LogP contribution in [0, 0.1) is 0 Å². The molecule has 0 spiro atoms. The summed E-state index contributed by atoms with van der Waals surface area (Å²) in [6.45, 7) is 4.00. The second kappa shape index (κ2) is 8.46. The van der Waals surface area contributed by atoms with E-state index in [1.54, 1.807) is 18.5 Å². The zero-order chi connectivity index (χ0) is 23.0. The van der Waals surface area contributed by atoms with Crippen molar-refractivity contribution in [1.29, 1.82) is 0 Å². The van der Waals surface area contributed by atoms with Crippen LogP contribution in [0.25, 0.3) is 11.4 Å². The Kier molecular flexibility index (Phi) is 5.48. The van der Waals surface area contributed by atoms with Crippen LogP contribution in [0.15, 0.2) is 61.1 Å². The van der Waals surface area contributed by atoms with Crippen molar-refractivity contribution in [2.75, 3.05) is 5.73 Å². The quantitative estimate of drug-likeness (QED) is 0.601. The van der Waals surface area contributed by atoms with Crippen molar-refractivity contribution in [1.82, 2.24) is 19.9 Å². The Bertz CT molecular complexity index is 1130. The third kappa shape index (κ3) is 4.03. The first-order chi connectivity index (χ1) is 15.9. The molecule has 1 saturated carbocycles. The minimum Gasteiger partial charge on any atom is -0.441 e. The van der Waals surface area contributed by atoms with Crippen LogP contribution in [0.4, 0.5) is 10.6 Å². The molecule has 3 heterocycles. The van der Waals surface area contributed by atoms with Crippen LogP contribution >= 0.6 is 0 Å². The summed E-state index contributed by atoms with van der Waals surface area (Å²) in [6.07, 6.45) is 8.84. The second-order valence-corrected chi connectivity index (χ2v) is 9.47. The summed E-state index contributed by atoms with van der Waals surface area (Å²) in [6, 6.07) is 14.1. The van der Waals surface area contributed by atoms with Crippen LogP contribution in [0.2, 0.25) is 0 Å². The van der Waals surface area contributed by atoms with Gasteiger partial charge in [0.05, 0.1) is 11.6 Å². The van der Waals surface area contributed by atoms with Crippen LogP contribution in [0.1, 0.15) is 62.6 Å². The standard InChI is InChI=1S/C26H29N5O2/c1-26(2)22(18-7-4-3-5-8-18)31(25(32)33-26)20-11-9-17(10-12-20)19-15-21(23(27)30-16-19)24-28-13-6-14-29-24/h3-8,13-17,20,22H,9-12H2,1-2H3,(H2,27,30)/t17?,20?,22-/m0/s1. The molecule has 7 heteroatoms. The van der Waals surface area contributed by atoms with Gasteiger partial charge in [0.25, 0.3) is 0 Å². The van der Waals surface area contributed by atoms with Gasteiger partial charge in [0.1, 0.15) is 11.4 Å². The maximum atomic E-state index is 12.9. The fourth-order valence-corrected chi connectivity index (χ4v) is 5.35. The third-order valence-electron chi connectivity index (χ3n) is 6.92. The summed E-state index contributed by atoms with van der Waals surface area (Å²) in [5.74, 6) is 1.38. The number of carbonyl (C=O) groups excluding carboxylic acids is 1. The topological polar surface area (TPSA) is 94.2 Å². The van der Waals surface area contributed by atoms with Gasteiger partial charge in [-0.25, -0.2) is 19.7 Å². The van der Waals surface area contributed by atoms with E-state index in [1.165, 1.54) is 0 Å². The molecule has 33 heavy (non-hydrogen) atoms. The van der Waals surface area contributed by atoms with E-state index in [1.807, 2.05) is 43.1 Å². The zero-order valence-electron chi connectivity index (χ0n) is 19.0. The van der Waals surface area contributed by atoms with Gasteiger partial charge in [-0.3, -0.25) is 4.90 Å². The monoisotopic (exact) mass is 443 g/mol. The molecule has 1 aliphatic carbocycles. The normalized spacial score (nSPS) is 24.5. The van der Waals surface area contributed by atoms with Crippen LogP contribution in [0.5, 0.6) is 0 Å². The molecule has 3 aromatic rings. The Morgan fingerprint density at radius 3 is 2.36 bits per heavy atom. The maximum Gasteiger partial charge on any atom is 0.411 e. The van der Waals surface area contributed by atoms with Crippen molar-refractivity contribution in [2.24, 2.45) is 0 Å². The summed E-state index contributed by atoms with van der Waals surface area (Å²) < 4.78 is 5.82. The molecule has 1 saturated heterocycles. The molecule has 2 fully saturated rings. The molecule has 7 nitrogen and oxygen atoms in total. The minimum absolute atomic E-state index is 0.0900. The molecule has 2 aromatic heterocycles. The molecular weight excluding hydrogens is 414 g/mol. The third-order valence-corrected chi connectivity index (χ3v) is 6.92. The first-order valence-electron chi connectivity index (χ1n) is 11.5. The number of nitrogens with two attached hydrogens (primary N) is 1. The van der Waals surface area contributed by atoms with Crippen molar-refractivity contribution in [3.05, 3.63) is 72.2 Å². The zero-order valence-corrected chi connectivity index (χ0v) is 19.0. The highest BCUT2D eigenvalue weighted by molar-refractivity contribution is 5.72. The van der Waals surface area contributed by atoms with E-state index < -0.39 is 5.60 Å². The van der Waals surface area contributed by atoms with Crippen LogP contribution in [-0.2, 0) is 4.74 Å². The number of aromatic nitrogens is 3. The largest absolute Gasteiger partial charge is 0.441 e. The maximum absolute atomic E-state index is 12.9. The summed E-state index contributed by atoms with van der Waals surface area (Å²) in [7, 11) is 0. The molecule has 2 aliphatic rings. The van der Waals surface area contributed by atoms with E-state index in [4.69, 9.17) is 10.5 Å². The van der Waals surface area contributed by atoms with E-state index in [-0.39, 0.29) is 18.2 Å². The Morgan fingerprint density at radius 2 is 1.67 bits per heavy atom. The van der Waals surface area contributed by atoms with Crippen LogP contribution in [-0.4, -0.2) is 37.6 Å². The van der Waals surface area contributed by atoms with Crippen molar-refractivity contribution in [2.45, 2.75) is 63.1 Å². The van der Waals surface area contributed by atoms with Gasteiger partial charge in [-0.05, 0) is 68.7 Å². The lowest BCUT2D eigenvalue weighted by molar-refractivity contribution is 0.0664. The lowest BCUT2D eigenvalue weighted by Crippen LogP contribution is -2.42. The lowest BCUT2D eigenvalue weighted by atomic mass is 9.80. The molecule has 1 aromatic carbocycles. The van der Waals surface area contributed by atoms with Gasteiger partial charge in [-0.15, -0.1) is 0 Å². The van der Waals surface area contributed by atoms with Crippen molar-refractivity contribution >= 4 is 11.9 Å². The van der Waals surface area contributed by atoms with Gasteiger partial charge in [0.2, 0.25) is 0 Å². The first kappa shape index (κ1) is 21.4. The van der Waals surface area contributed by atoms with Gasteiger partial charge in [0.15, 0.2) is 5.82 Å². The molecule has 2 N–H and O–H groups in total. The number of pyridine rings is 1.